The van der Waals surface area contributed by atoms with Crippen LogP contribution in [0.25, 0.3) is 110 Å². The number of fused-ring (bicyclic) bond motifs is 14. The summed E-state index contributed by atoms with van der Waals surface area (Å²) in [6, 6.07) is 61.5. The van der Waals surface area contributed by atoms with Crippen molar-refractivity contribution in [3.63, 3.8) is 0 Å². The Morgan fingerprint density at radius 3 is 1.81 bits per heavy atom. The molecule has 0 saturated carbocycles. The Hall–Kier alpha value is -7.89. The quantitative estimate of drug-likeness (QED) is 0.177. The van der Waals surface area contributed by atoms with Crippen LogP contribution < -0.4 is 0 Å². The van der Waals surface area contributed by atoms with Gasteiger partial charge in [0.25, 0.3) is 0 Å². The minimum atomic E-state index is 0.864. The summed E-state index contributed by atoms with van der Waals surface area (Å²) in [4.78, 5) is 4.92. The first-order chi connectivity index (χ1) is 29.3. The topological polar surface area (TPSA) is 40.3 Å². The first kappa shape index (κ1) is 32.2. The lowest BCUT2D eigenvalue weighted by atomic mass is 10.0. The van der Waals surface area contributed by atoms with Gasteiger partial charge in [-0.15, -0.1) is 0 Å². The molecule has 1 aliphatic heterocycles. The van der Waals surface area contributed by atoms with Crippen molar-refractivity contribution in [1.29, 1.82) is 0 Å². The second-order valence-electron chi connectivity index (χ2n) is 15.5. The zero-order valence-corrected chi connectivity index (χ0v) is 31.9. The minimum Gasteiger partial charge on any atom is -0.456 e. The monoisotopic (exact) mass is 754 g/mol. The molecule has 0 aliphatic carbocycles. The number of benzene rings is 8. The molecule has 0 spiro atoms. The molecule has 0 radical (unpaired) electrons. The van der Waals surface area contributed by atoms with Gasteiger partial charge in [-0.3, -0.25) is 4.57 Å². The van der Waals surface area contributed by atoms with Gasteiger partial charge in [0.05, 0.1) is 33.1 Å². The molecule has 0 saturated heterocycles. The third-order valence-electron chi connectivity index (χ3n) is 12.3. The highest BCUT2D eigenvalue weighted by atomic mass is 16.3. The van der Waals surface area contributed by atoms with Crippen molar-refractivity contribution < 1.29 is 4.42 Å². The zero-order valence-electron chi connectivity index (χ0n) is 31.9. The SMILES string of the molecule is C1=CN=C(n2c3ccccc3c3c2ccc2c4ccc5c(c6ccccc6n5-c5cccc(-c6ccc7oc8ccccc8c7c6)c5)c4n(-c4ccccc4)c23)C=CC1. The molecule has 0 unspecified atom stereocenters. The lowest BCUT2D eigenvalue weighted by Crippen LogP contribution is -2.07. The maximum atomic E-state index is 6.18. The molecule has 5 heteroatoms. The van der Waals surface area contributed by atoms with Gasteiger partial charge < -0.3 is 13.6 Å². The average Bonchev–Trinajstić information content (AvgIpc) is 3.97. The van der Waals surface area contributed by atoms with E-state index in [1.165, 1.54) is 48.9 Å². The van der Waals surface area contributed by atoms with Crippen molar-refractivity contribution in [2.24, 2.45) is 4.99 Å². The van der Waals surface area contributed by atoms with Crippen LogP contribution in [0, 0.1) is 0 Å². The Morgan fingerprint density at radius 2 is 1.03 bits per heavy atom. The molecule has 0 bridgehead atoms. The zero-order chi connectivity index (χ0) is 38.6. The molecular weight excluding hydrogens is 721 g/mol. The van der Waals surface area contributed by atoms with Gasteiger partial charge in [-0.2, -0.15) is 0 Å². The average molecular weight is 755 g/mol. The highest BCUT2D eigenvalue weighted by Crippen LogP contribution is 2.46. The Kier molecular flexibility index (Phi) is 6.72. The molecule has 5 nitrogen and oxygen atoms in total. The summed E-state index contributed by atoms with van der Waals surface area (Å²) in [5.41, 5.74) is 13.4. The van der Waals surface area contributed by atoms with Gasteiger partial charge in [0.2, 0.25) is 0 Å². The van der Waals surface area contributed by atoms with E-state index in [9.17, 15) is 0 Å². The highest BCUT2D eigenvalue weighted by molar-refractivity contribution is 6.32. The van der Waals surface area contributed by atoms with Crippen LogP contribution >= 0.6 is 0 Å². The third-order valence-corrected chi connectivity index (χ3v) is 12.3. The molecule has 8 aromatic carbocycles. The summed E-state index contributed by atoms with van der Waals surface area (Å²) < 4.78 is 13.5. The van der Waals surface area contributed by atoms with E-state index < -0.39 is 0 Å². The predicted molar refractivity (Wildman–Crippen MR) is 247 cm³/mol. The fourth-order valence-electron chi connectivity index (χ4n) is 9.80. The number of nitrogens with zero attached hydrogens (tertiary/aromatic N) is 4. The van der Waals surface area contributed by atoms with Crippen molar-refractivity contribution in [1.82, 2.24) is 13.7 Å². The molecule has 0 N–H and O–H groups in total. The molecule has 0 amide bonds. The van der Waals surface area contributed by atoms with Gasteiger partial charge in [0.1, 0.15) is 17.0 Å². The van der Waals surface area contributed by atoms with E-state index in [-0.39, 0.29) is 0 Å². The lowest BCUT2D eigenvalue weighted by molar-refractivity contribution is 0.669. The number of aromatic nitrogens is 3. The molecule has 1 aliphatic rings. The number of para-hydroxylation sites is 4. The summed E-state index contributed by atoms with van der Waals surface area (Å²) in [6.45, 7) is 0. The second kappa shape index (κ2) is 12.3. The number of hydrogen-bond donors (Lipinski definition) is 0. The Labute approximate surface area is 338 Å². The molecule has 0 atom stereocenters. The van der Waals surface area contributed by atoms with Crippen LogP contribution in [0.1, 0.15) is 6.42 Å². The lowest BCUT2D eigenvalue weighted by Gasteiger charge is -2.12. The van der Waals surface area contributed by atoms with Crippen LogP contribution in [-0.4, -0.2) is 19.5 Å². The Morgan fingerprint density at radius 1 is 0.407 bits per heavy atom. The van der Waals surface area contributed by atoms with Crippen LogP contribution in [0.4, 0.5) is 0 Å². The van der Waals surface area contributed by atoms with E-state index in [1.54, 1.807) is 0 Å². The summed E-state index contributed by atoms with van der Waals surface area (Å²) in [6.07, 6.45) is 9.22. The molecule has 12 aromatic rings. The first-order valence-corrected chi connectivity index (χ1v) is 20.2. The summed E-state index contributed by atoms with van der Waals surface area (Å²) in [5, 5.41) is 9.58. The molecule has 0 fully saturated rings. The summed E-state index contributed by atoms with van der Waals surface area (Å²) in [5.74, 6) is 0.914. The molecule has 13 rings (SSSR count). The van der Waals surface area contributed by atoms with E-state index in [4.69, 9.17) is 9.41 Å². The number of rotatable bonds is 3. The number of furan rings is 1. The highest BCUT2D eigenvalue weighted by Gasteiger charge is 2.25. The van der Waals surface area contributed by atoms with Gasteiger partial charge in [-0.25, -0.2) is 4.99 Å². The van der Waals surface area contributed by atoms with Gasteiger partial charge >= 0.3 is 0 Å². The second-order valence-corrected chi connectivity index (χ2v) is 15.5. The Balaban J connectivity index is 1.12. The van der Waals surface area contributed by atoms with E-state index in [2.05, 4.69) is 190 Å². The van der Waals surface area contributed by atoms with Crippen molar-refractivity contribution in [2.45, 2.75) is 6.42 Å². The van der Waals surface area contributed by atoms with Crippen molar-refractivity contribution in [3.8, 4) is 22.5 Å². The fraction of sp³-hybridized carbons (Fsp3) is 0.0185. The maximum absolute atomic E-state index is 6.18. The molecule has 5 heterocycles. The van der Waals surface area contributed by atoms with E-state index >= 15 is 0 Å². The van der Waals surface area contributed by atoms with E-state index in [0.29, 0.717) is 0 Å². The van der Waals surface area contributed by atoms with Crippen molar-refractivity contribution in [3.05, 3.63) is 194 Å². The fourth-order valence-corrected chi connectivity index (χ4v) is 9.80. The van der Waals surface area contributed by atoms with Gasteiger partial charge in [-0.1, -0.05) is 115 Å². The third kappa shape index (κ3) is 4.58. The number of hydrogen-bond acceptors (Lipinski definition) is 2. The van der Waals surface area contributed by atoms with Crippen LogP contribution in [0.5, 0.6) is 0 Å². The van der Waals surface area contributed by atoms with Gasteiger partial charge in [0.15, 0.2) is 0 Å². The molecule has 59 heavy (non-hydrogen) atoms. The van der Waals surface area contributed by atoms with Crippen molar-refractivity contribution in [2.75, 3.05) is 0 Å². The smallest absolute Gasteiger partial charge is 0.137 e. The first-order valence-electron chi connectivity index (χ1n) is 20.2. The summed E-state index contributed by atoms with van der Waals surface area (Å²) in [7, 11) is 0. The van der Waals surface area contributed by atoms with E-state index in [1.807, 2.05) is 18.3 Å². The molecular formula is C54H34N4O. The predicted octanol–water partition coefficient (Wildman–Crippen LogP) is 14.3. The number of aliphatic imine (C=N–C) groups is 1. The largest absolute Gasteiger partial charge is 0.456 e. The van der Waals surface area contributed by atoms with Crippen LogP contribution in [0.2, 0.25) is 0 Å². The van der Waals surface area contributed by atoms with Crippen LogP contribution in [-0.2, 0) is 0 Å². The van der Waals surface area contributed by atoms with Crippen molar-refractivity contribution >= 4 is 93.2 Å². The standard InChI is InChI=1S/C54H34N4O/c1-3-15-36(16-4-1)57-53-39(40-27-29-47-52(54(40)57)42-20-7-10-22-45(42)58(47)50-24-5-2-12-31-55-50)26-28-46-51(53)41-19-6-9-21-44(41)56(46)37-17-13-14-34(32-37)35-25-30-49-43(33-35)38-18-8-11-23-48(38)59-49/h1,3-33H,2H2. The number of allylic oxidation sites excluding steroid dienone is 3. The van der Waals surface area contributed by atoms with Gasteiger partial charge in [-0.05, 0) is 90.4 Å². The molecule has 276 valence electrons. The van der Waals surface area contributed by atoms with E-state index in [0.717, 1.165) is 73.2 Å². The Bertz CT molecular complexity index is 3810. The van der Waals surface area contributed by atoms with Crippen LogP contribution in [0.15, 0.2) is 204 Å². The normalized spacial score (nSPS) is 13.3. The van der Waals surface area contributed by atoms with Gasteiger partial charge in [0, 0.05) is 60.7 Å². The summed E-state index contributed by atoms with van der Waals surface area (Å²) >= 11 is 0. The maximum Gasteiger partial charge on any atom is 0.137 e. The minimum absolute atomic E-state index is 0.864. The molecule has 4 aromatic heterocycles. The van der Waals surface area contributed by atoms with Crippen LogP contribution in [0.3, 0.4) is 0 Å².